The minimum atomic E-state index is -0.749. The van der Waals surface area contributed by atoms with Gasteiger partial charge in [0.1, 0.15) is 0 Å². The molecule has 0 bridgehead atoms. The minimum absolute atomic E-state index is 0.167. The average Bonchev–Trinajstić information content (AvgIpc) is 2.96. The maximum atomic E-state index is 12.4. The van der Waals surface area contributed by atoms with Crippen molar-refractivity contribution in [2.75, 3.05) is 12.8 Å². The Morgan fingerprint density at radius 1 is 1.21 bits per heavy atom. The summed E-state index contributed by atoms with van der Waals surface area (Å²) in [5.74, 6) is -0.167. The molecule has 0 fully saturated rings. The number of rotatable bonds is 5. The van der Waals surface area contributed by atoms with Crippen LogP contribution in [0.25, 0.3) is 10.9 Å². The largest absolute Gasteiger partial charge is 0.386 e. The fourth-order valence-electron chi connectivity index (χ4n) is 2.87. The monoisotopic (exact) mass is 340 g/mol. The van der Waals surface area contributed by atoms with E-state index in [1.165, 1.54) is 11.8 Å². The molecule has 0 saturated carbocycles. The maximum Gasteiger partial charge on any atom is 0.252 e. The molecule has 2 N–H and O–H groups in total. The molecule has 0 aliphatic heterocycles. The van der Waals surface area contributed by atoms with Crippen LogP contribution in [0.4, 0.5) is 0 Å². The van der Waals surface area contributed by atoms with Gasteiger partial charge in [0, 0.05) is 41.2 Å². The number of nitrogens with zero attached hydrogens (tertiary/aromatic N) is 1. The highest BCUT2D eigenvalue weighted by molar-refractivity contribution is 7.98. The number of fused-ring (bicyclic) bond motifs is 1. The Morgan fingerprint density at radius 2 is 1.92 bits per heavy atom. The number of thioether (sulfide) groups is 1. The number of carbonyl (C=O) groups excluding carboxylic acids is 1. The average molecular weight is 340 g/mol. The first-order valence-electron chi connectivity index (χ1n) is 7.75. The molecule has 4 nitrogen and oxygen atoms in total. The molecule has 124 valence electrons. The van der Waals surface area contributed by atoms with Gasteiger partial charge in [0.2, 0.25) is 0 Å². The van der Waals surface area contributed by atoms with Crippen LogP contribution < -0.4 is 5.32 Å². The summed E-state index contributed by atoms with van der Waals surface area (Å²) in [5.41, 5.74) is 2.52. The van der Waals surface area contributed by atoms with E-state index in [2.05, 4.69) is 5.32 Å². The van der Waals surface area contributed by atoms with Crippen LogP contribution in [0.5, 0.6) is 0 Å². The Labute approximate surface area is 145 Å². The van der Waals surface area contributed by atoms with Gasteiger partial charge in [0.25, 0.3) is 5.91 Å². The second-order valence-electron chi connectivity index (χ2n) is 5.64. The van der Waals surface area contributed by atoms with Crippen LogP contribution in [-0.2, 0) is 7.05 Å². The number of hydrogen-bond donors (Lipinski definition) is 2. The van der Waals surface area contributed by atoms with E-state index in [0.29, 0.717) is 5.56 Å². The third kappa shape index (κ3) is 3.18. The number of aliphatic hydroxyl groups excluding tert-OH is 1. The number of amides is 1. The molecule has 5 heteroatoms. The molecule has 0 radical (unpaired) electrons. The van der Waals surface area contributed by atoms with Crippen LogP contribution >= 0.6 is 11.8 Å². The lowest BCUT2D eigenvalue weighted by Gasteiger charge is -2.13. The van der Waals surface area contributed by atoms with Crippen LogP contribution in [0.2, 0.25) is 0 Å². The van der Waals surface area contributed by atoms with E-state index in [1.807, 2.05) is 66.5 Å². The fourth-order valence-corrected chi connectivity index (χ4v) is 3.46. The molecule has 0 saturated heterocycles. The van der Waals surface area contributed by atoms with Gasteiger partial charge in [-0.05, 0) is 24.5 Å². The van der Waals surface area contributed by atoms with Crippen LogP contribution in [0.3, 0.4) is 0 Å². The second kappa shape index (κ2) is 7.11. The predicted octanol–water partition coefficient (Wildman–Crippen LogP) is 3.36. The summed E-state index contributed by atoms with van der Waals surface area (Å²) in [6.45, 7) is 0.176. The van der Waals surface area contributed by atoms with Gasteiger partial charge in [0.05, 0.1) is 11.7 Å². The van der Waals surface area contributed by atoms with Gasteiger partial charge in [0.15, 0.2) is 0 Å². The van der Waals surface area contributed by atoms with Gasteiger partial charge in [-0.25, -0.2) is 0 Å². The fraction of sp³-hybridized carbons (Fsp3) is 0.211. The number of nitrogens with one attached hydrogen (secondary N) is 1. The lowest BCUT2D eigenvalue weighted by Crippen LogP contribution is -2.28. The van der Waals surface area contributed by atoms with E-state index >= 15 is 0 Å². The van der Waals surface area contributed by atoms with Crippen molar-refractivity contribution in [3.05, 3.63) is 65.9 Å². The standard InChI is InChI=1S/C19H20N2O2S/c1-21-12-15(13-7-3-5-9-16(13)21)17(22)11-20-19(23)14-8-4-6-10-18(14)24-2/h3-10,12,17,22H,11H2,1-2H3,(H,20,23). The SMILES string of the molecule is CSc1ccccc1C(=O)NCC(O)c1cn(C)c2ccccc12. The Morgan fingerprint density at radius 3 is 2.71 bits per heavy atom. The van der Waals surface area contributed by atoms with E-state index in [9.17, 15) is 9.90 Å². The molecule has 1 amide bonds. The molecule has 1 heterocycles. The van der Waals surface area contributed by atoms with Crippen molar-refractivity contribution in [1.82, 2.24) is 9.88 Å². The van der Waals surface area contributed by atoms with E-state index in [-0.39, 0.29) is 12.5 Å². The minimum Gasteiger partial charge on any atom is -0.386 e. The molecule has 24 heavy (non-hydrogen) atoms. The molecule has 0 aliphatic rings. The van der Waals surface area contributed by atoms with Crippen LogP contribution in [0.15, 0.2) is 59.6 Å². The number of aliphatic hydroxyl groups is 1. The summed E-state index contributed by atoms with van der Waals surface area (Å²) < 4.78 is 1.98. The Hall–Kier alpha value is -2.24. The Bertz CT molecular complexity index is 873. The Kier molecular flexibility index (Phi) is 4.92. The summed E-state index contributed by atoms with van der Waals surface area (Å²) in [4.78, 5) is 13.3. The third-order valence-corrected chi connectivity index (χ3v) is 4.89. The van der Waals surface area contributed by atoms with Crippen molar-refractivity contribution in [1.29, 1.82) is 0 Å². The highest BCUT2D eigenvalue weighted by Gasteiger charge is 2.17. The van der Waals surface area contributed by atoms with Gasteiger partial charge in [-0.15, -0.1) is 11.8 Å². The van der Waals surface area contributed by atoms with Crippen molar-refractivity contribution in [3.63, 3.8) is 0 Å². The topological polar surface area (TPSA) is 54.3 Å². The van der Waals surface area contributed by atoms with Crippen molar-refractivity contribution in [2.45, 2.75) is 11.0 Å². The predicted molar refractivity (Wildman–Crippen MR) is 98.4 cm³/mol. The summed E-state index contributed by atoms with van der Waals surface area (Å²) in [5, 5.41) is 14.4. The van der Waals surface area contributed by atoms with Crippen molar-refractivity contribution in [2.24, 2.45) is 7.05 Å². The second-order valence-corrected chi connectivity index (χ2v) is 6.49. The highest BCUT2D eigenvalue weighted by Crippen LogP contribution is 2.26. The lowest BCUT2D eigenvalue weighted by atomic mass is 10.1. The lowest BCUT2D eigenvalue weighted by molar-refractivity contribution is 0.0914. The molecule has 0 spiro atoms. The van der Waals surface area contributed by atoms with Gasteiger partial charge in [-0.1, -0.05) is 30.3 Å². The van der Waals surface area contributed by atoms with Gasteiger partial charge >= 0.3 is 0 Å². The quantitative estimate of drug-likeness (QED) is 0.700. The zero-order chi connectivity index (χ0) is 17.1. The molecule has 3 rings (SSSR count). The summed E-state index contributed by atoms with van der Waals surface area (Å²) in [7, 11) is 1.95. The first kappa shape index (κ1) is 16.6. The van der Waals surface area contributed by atoms with E-state index in [4.69, 9.17) is 0 Å². The van der Waals surface area contributed by atoms with E-state index in [1.54, 1.807) is 6.07 Å². The molecule has 1 unspecified atom stereocenters. The zero-order valence-corrected chi connectivity index (χ0v) is 14.5. The summed E-state index contributed by atoms with van der Waals surface area (Å²) >= 11 is 1.53. The van der Waals surface area contributed by atoms with Gasteiger partial charge in [-0.2, -0.15) is 0 Å². The van der Waals surface area contributed by atoms with Crippen molar-refractivity contribution in [3.8, 4) is 0 Å². The highest BCUT2D eigenvalue weighted by atomic mass is 32.2. The molecule has 1 aromatic heterocycles. The molecular weight excluding hydrogens is 320 g/mol. The molecule has 3 aromatic rings. The van der Waals surface area contributed by atoms with Crippen LogP contribution in [0, 0.1) is 0 Å². The van der Waals surface area contributed by atoms with Crippen molar-refractivity contribution >= 4 is 28.6 Å². The first-order valence-corrected chi connectivity index (χ1v) is 8.97. The summed E-state index contributed by atoms with van der Waals surface area (Å²) in [6, 6.07) is 15.4. The third-order valence-electron chi connectivity index (χ3n) is 4.09. The van der Waals surface area contributed by atoms with Crippen LogP contribution in [0.1, 0.15) is 22.0 Å². The summed E-state index contributed by atoms with van der Waals surface area (Å²) in [6.07, 6.45) is 3.11. The van der Waals surface area contributed by atoms with Gasteiger partial charge < -0.3 is 15.0 Å². The molecular formula is C19H20N2O2S. The Balaban J connectivity index is 1.75. The number of benzene rings is 2. The van der Waals surface area contributed by atoms with Crippen LogP contribution in [-0.4, -0.2) is 28.4 Å². The number of aryl methyl sites for hydroxylation is 1. The maximum absolute atomic E-state index is 12.4. The van der Waals surface area contributed by atoms with E-state index < -0.39 is 6.10 Å². The number of hydrogen-bond acceptors (Lipinski definition) is 3. The number of carbonyl (C=O) groups is 1. The smallest absolute Gasteiger partial charge is 0.252 e. The zero-order valence-electron chi connectivity index (χ0n) is 13.7. The number of aromatic nitrogens is 1. The molecule has 0 aliphatic carbocycles. The first-order chi connectivity index (χ1) is 11.6. The normalized spacial score (nSPS) is 12.3. The number of para-hydroxylation sites is 1. The molecule has 2 aromatic carbocycles. The molecule has 1 atom stereocenters. The van der Waals surface area contributed by atoms with Gasteiger partial charge in [-0.3, -0.25) is 4.79 Å². The van der Waals surface area contributed by atoms with E-state index in [0.717, 1.165) is 21.4 Å². The van der Waals surface area contributed by atoms with Crippen molar-refractivity contribution < 1.29 is 9.90 Å².